The summed E-state index contributed by atoms with van der Waals surface area (Å²) in [6.45, 7) is 0.298. The van der Waals surface area contributed by atoms with Gasteiger partial charge in [0.2, 0.25) is 0 Å². The second-order valence-corrected chi connectivity index (χ2v) is 8.12. The number of aliphatic imine (C=N–C) groups is 1. The van der Waals surface area contributed by atoms with Gasteiger partial charge in [-0.15, -0.1) is 0 Å². The van der Waals surface area contributed by atoms with Crippen LogP contribution in [-0.2, 0) is 6.54 Å². The van der Waals surface area contributed by atoms with Gasteiger partial charge in [-0.1, -0.05) is 42.5 Å². The number of benzene rings is 2. The lowest BCUT2D eigenvalue weighted by atomic mass is 9.91. The predicted molar refractivity (Wildman–Crippen MR) is 115 cm³/mol. The minimum Gasteiger partial charge on any atom is -0.347 e. The molecule has 0 aromatic heterocycles. The molecule has 0 bridgehead atoms. The first-order chi connectivity index (χ1) is 14.5. The van der Waals surface area contributed by atoms with E-state index in [1.807, 2.05) is 18.2 Å². The van der Waals surface area contributed by atoms with Gasteiger partial charge in [0.05, 0.1) is 18.6 Å². The maximum atomic E-state index is 14.9. The van der Waals surface area contributed by atoms with E-state index < -0.39 is 5.67 Å². The molecular formula is C24H26F3N3. The van der Waals surface area contributed by atoms with Gasteiger partial charge in [-0.05, 0) is 53.8 Å². The van der Waals surface area contributed by atoms with Crippen LogP contribution in [0.15, 0.2) is 77.3 Å². The molecule has 2 N–H and O–H groups in total. The summed E-state index contributed by atoms with van der Waals surface area (Å²) < 4.78 is 42.3. The van der Waals surface area contributed by atoms with E-state index in [4.69, 9.17) is 0 Å². The Morgan fingerprint density at radius 3 is 2.60 bits per heavy atom. The highest BCUT2D eigenvalue weighted by atomic mass is 19.1. The molecule has 3 aliphatic rings. The number of nitrogens with zero attached hydrogens (tertiary/aromatic N) is 1. The molecule has 2 aliphatic carbocycles. The SMILES string of the molecule is Fc1cccc(CN=C2NC(c3cccc(F)c3)[C@@H](C3=CCC=CC4(F)CC34)N2)c1.[HH].[HH]. The van der Waals surface area contributed by atoms with Crippen molar-refractivity contribution in [2.45, 2.75) is 37.1 Å². The zero-order chi connectivity index (χ0) is 20.7. The van der Waals surface area contributed by atoms with Crippen molar-refractivity contribution in [1.29, 1.82) is 0 Å². The van der Waals surface area contributed by atoms with Gasteiger partial charge >= 0.3 is 0 Å². The van der Waals surface area contributed by atoms with Crippen LogP contribution in [0.3, 0.4) is 0 Å². The number of hydrogen-bond donors (Lipinski definition) is 2. The molecule has 30 heavy (non-hydrogen) atoms. The van der Waals surface area contributed by atoms with Crippen molar-refractivity contribution in [2.75, 3.05) is 0 Å². The van der Waals surface area contributed by atoms with E-state index in [1.54, 1.807) is 18.2 Å². The average Bonchev–Trinajstić information content (AvgIpc) is 3.24. The Kier molecular flexibility index (Phi) is 4.65. The first-order valence-corrected chi connectivity index (χ1v) is 10.2. The van der Waals surface area contributed by atoms with Crippen LogP contribution in [0.1, 0.15) is 32.9 Å². The Labute approximate surface area is 176 Å². The highest BCUT2D eigenvalue weighted by Crippen LogP contribution is 2.55. The third-order valence-electron chi connectivity index (χ3n) is 6.02. The summed E-state index contributed by atoms with van der Waals surface area (Å²) in [5, 5.41) is 6.71. The summed E-state index contributed by atoms with van der Waals surface area (Å²) in [6, 6.07) is 12.2. The molecule has 4 atom stereocenters. The van der Waals surface area contributed by atoms with E-state index in [9.17, 15) is 13.2 Å². The van der Waals surface area contributed by atoms with Gasteiger partial charge in [0.15, 0.2) is 5.96 Å². The molecule has 1 saturated carbocycles. The molecule has 6 heteroatoms. The van der Waals surface area contributed by atoms with Crippen molar-refractivity contribution < 1.29 is 16.0 Å². The second-order valence-electron chi connectivity index (χ2n) is 8.12. The lowest BCUT2D eigenvalue weighted by molar-refractivity contribution is 0.354. The molecule has 1 heterocycles. The van der Waals surface area contributed by atoms with Gasteiger partial charge in [-0.2, -0.15) is 0 Å². The zero-order valence-electron chi connectivity index (χ0n) is 16.3. The molecular weight excluding hydrogens is 387 g/mol. The third-order valence-corrected chi connectivity index (χ3v) is 6.02. The fourth-order valence-electron chi connectivity index (χ4n) is 4.44. The lowest BCUT2D eigenvalue weighted by Gasteiger charge is -2.22. The van der Waals surface area contributed by atoms with Crippen molar-refractivity contribution in [1.82, 2.24) is 10.6 Å². The molecule has 0 spiro atoms. The van der Waals surface area contributed by atoms with Crippen molar-refractivity contribution in [3.8, 4) is 0 Å². The van der Waals surface area contributed by atoms with Crippen LogP contribution >= 0.6 is 0 Å². The summed E-state index contributed by atoms with van der Waals surface area (Å²) in [4.78, 5) is 4.55. The summed E-state index contributed by atoms with van der Waals surface area (Å²) in [7, 11) is 0. The Bertz CT molecular complexity index is 1070. The molecule has 1 saturated heterocycles. The topological polar surface area (TPSA) is 36.4 Å². The molecule has 0 radical (unpaired) electrons. The minimum absolute atomic E-state index is 0. The van der Waals surface area contributed by atoms with E-state index in [0.717, 1.165) is 16.7 Å². The van der Waals surface area contributed by atoms with Crippen molar-refractivity contribution in [3.05, 3.63) is 95.1 Å². The van der Waals surface area contributed by atoms with Gasteiger partial charge in [0.25, 0.3) is 0 Å². The van der Waals surface area contributed by atoms with Gasteiger partial charge in [0, 0.05) is 8.77 Å². The summed E-state index contributed by atoms with van der Waals surface area (Å²) in [5.74, 6) is -0.253. The number of halogens is 3. The fraction of sp³-hybridized carbons (Fsp3) is 0.292. The molecule has 3 nitrogen and oxygen atoms in total. The molecule has 3 unspecified atom stereocenters. The number of nitrogens with one attached hydrogen (secondary N) is 2. The maximum Gasteiger partial charge on any atom is 0.192 e. The number of alkyl halides is 1. The number of fused-ring (bicyclic) bond motifs is 1. The first kappa shape index (κ1) is 19.0. The Morgan fingerprint density at radius 2 is 1.80 bits per heavy atom. The number of allylic oxidation sites excluding steroid dienone is 3. The Hall–Kier alpha value is -3.02. The summed E-state index contributed by atoms with van der Waals surface area (Å²) in [6.07, 6.45) is 6.74. The molecule has 158 valence electrons. The lowest BCUT2D eigenvalue weighted by Crippen LogP contribution is -2.32. The minimum atomic E-state index is -1.28. The van der Waals surface area contributed by atoms with Gasteiger partial charge < -0.3 is 10.6 Å². The average molecular weight is 413 g/mol. The normalized spacial score (nSPS) is 30.8. The number of rotatable bonds is 4. The van der Waals surface area contributed by atoms with Gasteiger partial charge in [0.1, 0.15) is 17.3 Å². The van der Waals surface area contributed by atoms with Gasteiger partial charge in [-0.25, -0.2) is 18.2 Å². The van der Waals surface area contributed by atoms with Crippen LogP contribution in [-0.4, -0.2) is 17.7 Å². The molecule has 2 aromatic carbocycles. The van der Waals surface area contributed by atoms with Crippen LogP contribution in [0.5, 0.6) is 0 Å². The quantitative estimate of drug-likeness (QED) is 0.674. The van der Waals surface area contributed by atoms with Crippen LogP contribution in [0.4, 0.5) is 13.2 Å². The van der Waals surface area contributed by atoms with Crippen molar-refractivity contribution in [2.24, 2.45) is 10.9 Å². The van der Waals surface area contributed by atoms with Crippen LogP contribution in [0.25, 0.3) is 0 Å². The number of guanidine groups is 1. The van der Waals surface area contributed by atoms with E-state index in [0.29, 0.717) is 25.3 Å². The smallest absolute Gasteiger partial charge is 0.192 e. The zero-order valence-corrected chi connectivity index (χ0v) is 16.3. The van der Waals surface area contributed by atoms with Crippen LogP contribution in [0, 0.1) is 17.6 Å². The molecule has 5 rings (SSSR count). The molecule has 2 fully saturated rings. The summed E-state index contributed by atoms with van der Waals surface area (Å²) >= 11 is 0. The fourth-order valence-corrected chi connectivity index (χ4v) is 4.44. The van der Waals surface area contributed by atoms with E-state index in [2.05, 4.69) is 21.7 Å². The highest BCUT2D eigenvalue weighted by Gasteiger charge is 2.58. The van der Waals surface area contributed by atoms with Crippen LogP contribution in [0.2, 0.25) is 0 Å². The van der Waals surface area contributed by atoms with E-state index >= 15 is 0 Å². The molecule has 0 amide bonds. The van der Waals surface area contributed by atoms with Crippen molar-refractivity contribution in [3.63, 3.8) is 0 Å². The van der Waals surface area contributed by atoms with Crippen LogP contribution < -0.4 is 10.6 Å². The first-order valence-electron chi connectivity index (χ1n) is 10.2. The van der Waals surface area contributed by atoms with Crippen molar-refractivity contribution >= 4 is 5.96 Å². The highest BCUT2D eigenvalue weighted by molar-refractivity contribution is 5.84. The van der Waals surface area contributed by atoms with E-state index in [-0.39, 0.29) is 32.5 Å². The Balaban J connectivity index is 0.00000144. The van der Waals surface area contributed by atoms with E-state index in [1.165, 1.54) is 24.3 Å². The Morgan fingerprint density at radius 1 is 1.03 bits per heavy atom. The largest absolute Gasteiger partial charge is 0.347 e. The second kappa shape index (κ2) is 7.35. The number of hydrogen-bond acceptors (Lipinski definition) is 1. The molecule has 2 aromatic rings. The standard InChI is InChI=1S/C24H22F3N3.2H2/c25-17-7-3-5-15(11-17)14-28-23-29-21(16-6-4-8-18(26)12-16)22(30-23)19-9-1-2-10-24(27)13-20(19)24;;/h2-12,20-22H,1,13-14H2,(H2,28,29,30);2*1H/t20?,21?,22-,24?;;/m1../s1. The predicted octanol–water partition coefficient (Wildman–Crippen LogP) is 5.23. The van der Waals surface area contributed by atoms with Gasteiger partial charge in [-0.3, -0.25) is 0 Å². The molecule has 1 aliphatic heterocycles. The third kappa shape index (κ3) is 3.62. The maximum absolute atomic E-state index is 14.9. The summed E-state index contributed by atoms with van der Waals surface area (Å²) in [5.41, 5.74) is 1.23. The monoisotopic (exact) mass is 413 g/mol.